The van der Waals surface area contributed by atoms with Crippen molar-refractivity contribution in [3.8, 4) is 16.3 Å². The van der Waals surface area contributed by atoms with E-state index in [4.69, 9.17) is 9.47 Å². The van der Waals surface area contributed by atoms with Crippen molar-refractivity contribution >= 4 is 28.6 Å². The Kier molecular flexibility index (Phi) is 7.11. The van der Waals surface area contributed by atoms with E-state index < -0.39 is 0 Å². The summed E-state index contributed by atoms with van der Waals surface area (Å²) < 4.78 is 10.8. The number of thiophene rings is 1. The van der Waals surface area contributed by atoms with Crippen molar-refractivity contribution < 1.29 is 14.3 Å². The van der Waals surface area contributed by atoms with E-state index >= 15 is 0 Å². The van der Waals surface area contributed by atoms with Gasteiger partial charge in [-0.25, -0.2) is 4.98 Å². The molecule has 1 unspecified atom stereocenters. The molecule has 0 radical (unpaired) electrons. The quantitative estimate of drug-likeness (QED) is 0.576. The smallest absolute Gasteiger partial charge is 0.226 e. The minimum absolute atomic E-state index is 0.0102. The number of hydrogen-bond acceptors (Lipinski definition) is 7. The van der Waals surface area contributed by atoms with Crippen molar-refractivity contribution in [1.82, 2.24) is 15.2 Å². The van der Waals surface area contributed by atoms with Crippen LogP contribution >= 0.6 is 22.7 Å². The van der Waals surface area contributed by atoms with E-state index in [0.717, 1.165) is 40.7 Å². The first-order chi connectivity index (χ1) is 14.7. The number of morpholine rings is 1. The van der Waals surface area contributed by atoms with Crippen LogP contribution in [0.2, 0.25) is 0 Å². The van der Waals surface area contributed by atoms with E-state index in [0.29, 0.717) is 26.2 Å². The fraction of sp³-hybridized carbons (Fsp3) is 0.364. The van der Waals surface area contributed by atoms with E-state index in [1.165, 1.54) is 0 Å². The maximum absolute atomic E-state index is 12.6. The van der Waals surface area contributed by atoms with Gasteiger partial charge in [-0.2, -0.15) is 11.3 Å². The van der Waals surface area contributed by atoms with Gasteiger partial charge >= 0.3 is 0 Å². The molecule has 1 N–H and O–H groups in total. The number of nitrogens with one attached hydrogen (secondary N) is 1. The second-order valence-electron chi connectivity index (χ2n) is 7.07. The number of methoxy groups -OCH3 is 1. The first kappa shape index (κ1) is 21.0. The normalized spacial score (nSPS) is 15.6. The molecule has 3 heterocycles. The maximum Gasteiger partial charge on any atom is 0.226 e. The zero-order chi connectivity index (χ0) is 20.8. The number of carbonyl (C=O) groups is 1. The number of nitrogens with zero attached hydrogens (tertiary/aromatic N) is 2. The van der Waals surface area contributed by atoms with Crippen LogP contribution in [0.3, 0.4) is 0 Å². The highest BCUT2D eigenvalue weighted by molar-refractivity contribution is 7.14. The minimum atomic E-state index is -0.0102. The molecular weight excluding hydrogens is 418 g/mol. The average molecular weight is 444 g/mol. The van der Waals surface area contributed by atoms with Gasteiger partial charge < -0.3 is 14.8 Å². The van der Waals surface area contributed by atoms with Gasteiger partial charge in [0, 0.05) is 36.0 Å². The molecular formula is C22H25N3O3S2. The predicted octanol–water partition coefficient (Wildman–Crippen LogP) is 3.61. The van der Waals surface area contributed by atoms with Gasteiger partial charge in [-0.15, -0.1) is 11.3 Å². The highest BCUT2D eigenvalue weighted by Crippen LogP contribution is 2.26. The van der Waals surface area contributed by atoms with Gasteiger partial charge in [0.1, 0.15) is 10.8 Å². The van der Waals surface area contributed by atoms with Gasteiger partial charge in [0.15, 0.2) is 0 Å². The highest BCUT2D eigenvalue weighted by atomic mass is 32.1. The van der Waals surface area contributed by atoms with E-state index in [9.17, 15) is 4.79 Å². The van der Waals surface area contributed by atoms with Gasteiger partial charge in [-0.05, 0) is 29.1 Å². The van der Waals surface area contributed by atoms with Gasteiger partial charge in [-0.1, -0.05) is 12.1 Å². The predicted molar refractivity (Wildman–Crippen MR) is 120 cm³/mol. The lowest BCUT2D eigenvalue weighted by Crippen LogP contribution is -2.44. The zero-order valence-electron chi connectivity index (χ0n) is 16.9. The molecule has 0 aliphatic carbocycles. The molecule has 8 heteroatoms. The summed E-state index contributed by atoms with van der Waals surface area (Å²) in [5.74, 6) is 0.817. The summed E-state index contributed by atoms with van der Waals surface area (Å²) in [6, 6.07) is 10.2. The van der Waals surface area contributed by atoms with E-state index in [2.05, 4.69) is 38.8 Å². The molecule has 0 spiro atoms. The largest absolute Gasteiger partial charge is 0.497 e. The Labute approximate surface area is 184 Å². The molecule has 6 nitrogen and oxygen atoms in total. The number of hydrogen-bond donors (Lipinski definition) is 1. The summed E-state index contributed by atoms with van der Waals surface area (Å²) in [6.07, 6.45) is 0.291. The first-order valence-corrected chi connectivity index (χ1v) is 11.7. The van der Waals surface area contributed by atoms with Gasteiger partial charge in [-0.3, -0.25) is 9.69 Å². The minimum Gasteiger partial charge on any atom is -0.497 e. The Morgan fingerprint density at radius 3 is 2.73 bits per heavy atom. The third-order valence-electron chi connectivity index (χ3n) is 5.14. The Hall–Kier alpha value is -2.26. The lowest BCUT2D eigenvalue weighted by atomic mass is 10.0. The van der Waals surface area contributed by atoms with Crippen LogP contribution < -0.4 is 10.1 Å². The summed E-state index contributed by atoms with van der Waals surface area (Å²) in [7, 11) is 1.66. The van der Waals surface area contributed by atoms with Crippen molar-refractivity contribution in [2.24, 2.45) is 0 Å². The van der Waals surface area contributed by atoms with Crippen molar-refractivity contribution in [3.05, 3.63) is 57.7 Å². The fourth-order valence-corrected chi connectivity index (χ4v) is 5.05. The number of aromatic nitrogens is 1. The zero-order valence-corrected chi connectivity index (χ0v) is 18.5. The molecule has 0 bridgehead atoms. The van der Waals surface area contributed by atoms with Crippen LogP contribution in [0.5, 0.6) is 5.75 Å². The van der Waals surface area contributed by atoms with Crippen LogP contribution in [0.25, 0.3) is 10.6 Å². The van der Waals surface area contributed by atoms with Crippen LogP contribution in [0.1, 0.15) is 17.3 Å². The van der Waals surface area contributed by atoms with Gasteiger partial charge in [0.25, 0.3) is 0 Å². The van der Waals surface area contributed by atoms with Crippen molar-refractivity contribution in [2.45, 2.75) is 12.5 Å². The molecule has 4 rings (SSSR count). The molecule has 1 saturated heterocycles. The summed E-state index contributed by atoms with van der Waals surface area (Å²) >= 11 is 3.23. The molecule has 1 aliphatic rings. The Morgan fingerprint density at radius 2 is 2.03 bits per heavy atom. The highest BCUT2D eigenvalue weighted by Gasteiger charge is 2.23. The molecule has 158 valence electrons. The molecule has 1 fully saturated rings. The maximum atomic E-state index is 12.6. The third-order valence-corrected chi connectivity index (χ3v) is 6.76. The number of ether oxygens (including phenoxy) is 2. The Bertz CT molecular complexity index is 935. The summed E-state index contributed by atoms with van der Waals surface area (Å²) in [5, 5.41) is 10.2. The first-order valence-electron chi connectivity index (χ1n) is 9.92. The van der Waals surface area contributed by atoms with Crippen LogP contribution in [0.15, 0.2) is 46.5 Å². The summed E-state index contributed by atoms with van der Waals surface area (Å²) in [6.45, 7) is 3.67. The topological polar surface area (TPSA) is 63.7 Å². The van der Waals surface area contributed by atoms with Crippen molar-refractivity contribution in [1.29, 1.82) is 0 Å². The monoisotopic (exact) mass is 443 g/mol. The summed E-state index contributed by atoms with van der Waals surface area (Å²) in [4.78, 5) is 19.6. The number of benzene rings is 1. The van der Waals surface area contributed by atoms with E-state index in [1.807, 2.05) is 22.9 Å². The molecule has 3 aromatic rings. The van der Waals surface area contributed by atoms with Gasteiger partial charge in [0.05, 0.1) is 38.5 Å². The van der Waals surface area contributed by atoms with Crippen molar-refractivity contribution in [2.75, 3.05) is 40.0 Å². The van der Waals surface area contributed by atoms with E-state index in [-0.39, 0.29) is 11.9 Å². The van der Waals surface area contributed by atoms with E-state index in [1.54, 1.807) is 29.8 Å². The Balaban J connectivity index is 1.39. The SMILES string of the molecule is COc1ccc(C(CNC(=O)Cc2csc(-c3ccsc3)n2)N2CCOCC2)cc1. The number of rotatable bonds is 8. The molecule has 0 saturated carbocycles. The fourth-order valence-electron chi connectivity index (χ4n) is 3.52. The second kappa shape index (κ2) is 10.2. The molecule has 2 aromatic heterocycles. The standard InChI is InChI=1S/C22H25N3O3S2/c1-27-19-4-2-16(3-5-19)20(25-7-9-28-10-8-25)13-23-21(26)12-18-15-30-22(24-18)17-6-11-29-14-17/h2-6,11,14-15,20H,7-10,12-13H2,1H3,(H,23,26). The number of thiazole rings is 1. The van der Waals surface area contributed by atoms with Crippen LogP contribution in [0.4, 0.5) is 0 Å². The Morgan fingerprint density at radius 1 is 1.23 bits per heavy atom. The lowest BCUT2D eigenvalue weighted by Gasteiger charge is -2.35. The molecule has 1 aliphatic heterocycles. The van der Waals surface area contributed by atoms with Crippen LogP contribution in [-0.2, 0) is 16.0 Å². The third kappa shape index (κ3) is 5.26. The number of amides is 1. The summed E-state index contributed by atoms with van der Waals surface area (Å²) in [5.41, 5.74) is 3.08. The molecule has 1 aromatic carbocycles. The number of carbonyl (C=O) groups excluding carboxylic acids is 1. The van der Waals surface area contributed by atoms with Crippen LogP contribution in [-0.4, -0.2) is 55.7 Å². The van der Waals surface area contributed by atoms with Gasteiger partial charge in [0.2, 0.25) is 5.91 Å². The molecule has 30 heavy (non-hydrogen) atoms. The van der Waals surface area contributed by atoms with Crippen LogP contribution in [0, 0.1) is 0 Å². The molecule has 1 atom stereocenters. The lowest BCUT2D eigenvalue weighted by molar-refractivity contribution is -0.120. The second-order valence-corrected chi connectivity index (χ2v) is 8.71. The van der Waals surface area contributed by atoms with Crippen molar-refractivity contribution in [3.63, 3.8) is 0 Å². The average Bonchev–Trinajstić information content (AvgIpc) is 3.47. The molecule has 1 amide bonds.